The molecule has 16 heavy (non-hydrogen) atoms. The largest absolute Gasteiger partial charge is 0.481 e. The van der Waals surface area contributed by atoms with Crippen LogP contribution in [0.25, 0.3) is 0 Å². The molecule has 4 heteroatoms. The quantitative estimate of drug-likeness (QED) is 0.700. The van der Waals surface area contributed by atoms with Crippen LogP contribution >= 0.6 is 0 Å². The first kappa shape index (κ1) is 11.6. The third-order valence-corrected chi connectivity index (χ3v) is 3.66. The molecule has 0 amide bonds. The third kappa shape index (κ3) is 2.62. The normalized spacial score (nSPS) is 32.8. The summed E-state index contributed by atoms with van der Waals surface area (Å²) < 4.78 is 0. The van der Waals surface area contributed by atoms with Crippen LogP contribution in [0.4, 0.5) is 0 Å². The molecule has 0 bridgehead atoms. The van der Waals surface area contributed by atoms with Gasteiger partial charge >= 0.3 is 5.97 Å². The van der Waals surface area contributed by atoms with Crippen LogP contribution in [0.1, 0.15) is 12.8 Å². The molecule has 0 aromatic carbocycles. The van der Waals surface area contributed by atoms with Gasteiger partial charge in [-0.05, 0) is 19.9 Å². The van der Waals surface area contributed by atoms with Gasteiger partial charge in [-0.15, -0.1) is 0 Å². The number of hydrogen-bond acceptors (Lipinski definition) is 3. The molecule has 0 radical (unpaired) electrons. The minimum atomic E-state index is -0.650. The number of carboxylic acids is 1. The molecule has 1 heterocycles. The van der Waals surface area contributed by atoms with Gasteiger partial charge in [-0.2, -0.15) is 0 Å². The number of likely N-dealkylation sites (N-methyl/N-ethyl adjacent to an activating group) is 1. The maximum absolute atomic E-state index is 11.0. The van der Waals surface area contributed by atoms with Crippen molar-refractivity contribution in [1.82, 2.24) is 9.80 Å². The second-order valence-electron chi connectivity index (χ2n) is 4.84. The standard InChI is InChI=1S/C12H20N2O2/c1-13-5-7-14(8-6-13)11-4-2-3-10(9-11)12(15)16/h2,4,10-11H,3,5-9H2,1H3,(H,15,16)/t10-,11-/m0/s1. The predicted octanol–water partition coefficient (Wildman–Crippen LogP) is 0.653. The number of allylic oxidation sites excluding steroid dienone is 1. The molecule has 0 aromatic rings. The summed E-state index contributed by atoms with van der Waals surface area (Å²) in [6.45, 7) is 4.28. The van der Waals surface area contributed by atoms with Gasteiger partial charge in [0.1, 0.15) is 0 Å². The van der Waals surface area contributed by atoms with Gasteiger partial charge in [0, 0.05) is 32.2 Å². The first-order valence-electron chi connectivity index (χ1n) is 5.99. The average molecular weight is 224 g/mol. The van der Waals surface area contributed by atoms with E-state index in [2.05, 4.69) is 22.9 Å². The van der Waals surface area contributed by atoms with E-state index in [4.69, 9.17) is 5.11 Å². The molecule has 0 unspecified atom stereocenters. The lowest BCUT2D eigenvalue weighted by Crippen LogP contribution is -2.49. The summed E-state index contributed by atoms with van der Waals surface area (Å²) in [4.78, 5) is 15.7. The van der Waals surface area contributed by atoms with E-state index in [0.717, 1.165) is 32.6 Å². The molecule has 1 aliphatic carbocycles. The summed E-state index contributed by atoms with van der Waals surface area (Å²) in [5.74, 6) is -0.835. The summed E-state index contributed by atoms with van der Waals surface area (Å²) >= 11 is 0. The Morgan fingerprint density at radius 1 is 1.31 bits per heavy atom. The summed E-state index contributed by atoms with van der Waals surface area (Å²) in [5.41, 5.74) is 0. The molecule has 90 valence electrons. The van der Waals surface area contributed by atoms with E-state index in [9.17, 15) is 4.79 Å². The first-order chi connectivity index (χ1) is 7.66. The van der Waals surface area contributed by atoms with Crippen molar-refractivity contribution >= 4 is 5.97 Å². The zero-order valence-corrected chi connectivity index (χ0v) is 9.80. The van der Waals surface area contributed by atoms with Crippen molar-refractivity contribution in [3.8, 4) is 0 Å². The smallest absolute Gasteiger partial charge is 0.306 e. The maximum Gasteiger partial charge on any atom is 0.306 e. The van der Waals surface area contributed by atoms with Crippen molar-refractivity contribution < 1.29 is 9.90 Å². The number of carbonyl (C=O) groups is 1. The molecule has 4 nitrogen and oxygen atoms in total. The minimum Gasteiger partial charge on any atom is -0.481 e. The van der Waals surface area contributed by atoms with E-state index >= 15 is 0 Å². The lowest BCUT2D eigenvalue weighted by atomic mass is 9.90. The van der Waals surface area contributed by atoms with Crippen molar-refractivity contribution in [2.45, 2.75) is 18.9 Å². The Morgan fingerprint density at radius 2 is 2.00 bits per heavy atom. The van der Waals surface area contributed by atoms with Gasteiger partial charge in [0.25, 0.3) is 0 Å². The van der Waals surface area contributed by atoms with E-state index in [0.29, 0.717) is 12.5 Å². The van der Waals surface area contributed by atoms with Gasteiger partial charge in [0.15, 0.2) is 0 Å². The highest BCUT2D eigenvalue weighted by Gasteiger charge is 2.28. The Hall–Kier alpha value is -0.870. The first-order valence-corrected chi connectivity index (χ1v) is 5.99. The number of rotatable bonds is 2. The number of aliphatic carboxylic acids is 1. The molecule has 0 aromatic heterocycles. The molecule has 0 saturated carbocycles. The Balaban J connectivity index is 1.92. The summed E-state index contributed by atoms with van der Waals surface area (Å²) in [6, 6.07) is 0.337. The second-order valence-corrected chi connectivity index (χ2v) is 4.84. The zero-order valence-electron chi connectivity index (χ0n) is 9.80. The lowest BCUT2D eigenvalue weighted by molar-refractivity contribution is -0.142. The van der Waals surface area contributed by atoms with E-state index in [1.807, 2.05) is 6.08 Å². The van der Waals surface area contributed by atoms with E-state index in [1.165, 1.54) is 0 Å². The van der Waals surface area contributed by atoms with Crippen LogP contribution in [0.2, 0.25) is 0 Å². The third-order valence-electron chi connectivity index (χ3n) is 3.66. The van der Waals surface area contributed by atoms with Crippen LogP contribution in [0.15, 0.2) is 12.2 Å². The summed E-state index contributed by atoms with van der Waals surface area (Å²) in [7, 11) is 2.13. The number of hydrogen-bond donors (Lipinski definition) is 1. The van der Waals surface area contributed by atoms with Crippen molar-refractivity contribution in [2.75, 3.05) is 33.2 Å². The highest BCUT2D eigenvalue weighted by Crippen LogP contribution is 2.23. The van der Waals surface area contributed by atoms with Crippen LogP contribution in [-0.2, 0) is 4.79 Å². The van der Waals surface area contributed by atoms with E-state index < -0.39 is 5.97 Å². The maximum atomic E-state index is 11.0. The summed E-state index contributed by atoms with van der Waals surface area (Å²) in [5, 5.41) is 9.04. The predicted molar refractivity (Wildman–Crippen MR) is 62.4 cm³/mol. The van der Waals surface area contributed by atoms with Gasteiger partial charge in [-0.3, -0.25) is 9.69 Å². The van der Waals surface area contributed by atoms with Crippen LogP contribution in [0, 0.1) is 5.92 Å². The molecular weight excluding hydrogens is 204 g/mol. The molecule has 2 atom stereocenters. The highest BCUT2D eigenvalue weighted by molar-refractivity contribution is 5.70. The lowest BCUT2D eigenvalue weighted by Gasteiger charge is -2.38. The molecule has 1 saturated heterocycles. The minimum absolute atomic E-state index is 0.186. The molecule has 1 aliphatic heterocycles. The van der Waals surface area contributed by atoms with Crippen LogP contribution in [0.5, 0.6) is 0 Å². The van der Waals surface area contributed by atoms with Crippen molar-refractivity contribution in [3.63, 3.8) is 0 Å². The molecular formula is C12H20N2O2. The number of piperazine rings is 1. The van der Waals surface area contributed by atoms with Crippen molar-refractivity contribution in [1.29, 1.82) is 0 Å². The zero-order chi connectivity index (χ0) is 11.5. The van der Waals surface area contributed by atoms with Gasteiger partial charge < -0.3 is 10.0 Å². The highest BCUT2D eigenvalue weighted by atomic mass is 16.4. The van der Waals surface area contributed by atoms with Crippen molar-refractivity contribution in [2.24, 2.45) is 5.92 Å². The topological polar surface area (TPSA) is 43.8 Å². The molecule has 0 spiro atoms. The molecule has 2 aliphatic rings. The van der Waals surface area contributed by atoms with Gasteiger partial charge in [0.05, 0.1) is 5.92 Å². The Bertz CT molecular complexity index is 283. The van der Waals surface area contributed by atoms with Crippen molar-refractivity contribution in [3.05, 3.63) is 12.2 Å². The summed E-state index contributed by atoms with van der Waals surface area (Å²) in [6.07, 6.45) is 5.69. The second kappa shape index (κ2) is 4.97. The van der Waals surface area contributed by atoms with E-state index in [1.54, 1.807) is 0 Å². The van der Waals surface area contributed by atoms with E-state index in [-0.39, 0.29) is 5.92 Å². The van der Waals surface area contributed by atoms with Crippen LogP contribution in [0.3, 0.4) is 0 Å². The average Bonchev–Trinajstić information content (AvgIpc) is 2.30. The fraction of sp³-hybridized carbons (Fsp3) is 0.750. The van der Waals surface area contributed by atoms with Crippen LogP contribution < -0.4 is 0 Å². The fourth-order valence-electron chi connectivity index (χ4n) is 2.49. The van der Waals surface area contributed by atoms with Crippen LogP contribution in [-0.4, -0.2) is 60.1 Å². The molecule has 1 N–H and O–H groups in total. The number of carboxylic acid groups (broad SMARTS) is 1. The molecule has 1 fully saturated rings. The monoisotopic (exact) mass is 224 g/mol. The Morgan fingerprint density at radius 3 is 2.62 bits per heavy atom. The SMILES string of the molecule is CN1CCN([C@H]2C=CC[C@H](C(=O)O)C2)CC1. The van der Waals surface area contributed by atoms with Gasteiger partial charge in [0.2, 0.25) is 0 Å². The Kier molecular flexibility index (Phi) is 3.61. The molecule has 2 rings (SSSR count). The van der Waals surface area contributed by atoms with Gasteiger partial charge in [-0.25, -0.2) is 0 Å². The Labute approximate surface area is 96.5 Å². The van der Waals surface area contributed by atoms with Gasteiger partial charge in [-0.1, -0.05) is 12.2 Å². The fourth-order valence-corrected chi connectivity index (χ4v) is 2.49. The number of nitrogens with zero attached hydrogens (tertiary/aromatic N) is 2.